The van der Waals surface area contributed by atoms with E-state index in [1.54, 1.807) is 18.2 Å². The molecular formula is C31H38O6SSi. The average Bonchev–Trinajstić information content (AvgIpc) is 2.92. The molecule has 0 aromatic heterocycles. The van der Waals surface area contributed by atoms with Gasteiger partial charge in [0.05, 0.1) is 31.6 Å². The molecule has 0 bridgehead atoms. The predicted molar refractivity (Wildman–Crippen MR) is 157 cm³/mol. The summed E-state index contributed by atoms with van der Waals surface area (Å²) in [6.07, 6.45) is 2.09. The summed E-state index contributed by atoms with van der Waals surface area (Å²) in [5.74, 6) is -0.383. The van der Waals surface area contributed by atoms with Gasteiger partial charge < -0.3 is 9.16 Å². The standard InChI is InChI=1S/C31H38O6SSi/c1-25-16-19-27(20-17-25)38(33,34)36-23-22-26(18-21-30(32)35-5)24-37-39(31(2,3)4,28-12-8-6-9-13-28)29-14-10-7-11-15-29/h6-20H,21-24H2,1-5H3/b26-18+. The maximum atomic E-state index is 12.7. The Labute approximate surface area is 233 Å². The maximum absolute atomic E-state index is 12.7. The molecule has 0 radical (unpaired) electrons. The summed E-state index contributed by atoms with van der Waals surface area (Å²) >= 11 is 0. The number of carbonyl (C=O) groups is 1. The quantitative estimate of drug-likeness (QED) is 0.131. The summed E-state index contributed by atoms with van der Waals surface area (Å²) in [7, 11) is -5.40. The van der Waals surface area contributed by atoms with E-state index in [1.807, 2.05) is 43.3 Å². The van der Waals surface area contributed by atoms with Crippen molar-refractivity contribution < 1.29 is 26.6 Å². The summed E-state index contributed by atoms with van der Waals surface area (Å²) in [6.45, 7) is 8.60. The van der Waals surface area contributed by atoms with E-state index in [1.165, 1.54) is 19.2 Å². The zero-order valence-corrected chi connectivity index (χ0v) is 25.2. The van der Waals surface area contributed by atoms with Crippen molar-refractivity contribution in [2.75, 3.05) is 20.3 Å². The van der Waals surface area contributed by atoms with Gasteiger partial charge in [-0.15, -0.1) is 0 Å². The lowest BCUT2D eigenvalue weighted by atomic mass is 10.2. The highest BCUT2D eigenvalue weighted by atomic mass is 32.2. The van der Waals surface area contributed by atoms with Crippen molar-refractivity contribution >= 4 is 34.8 Å². The molecule has 208 valence electrons. The van der Waals surface area contributed by atoms with Crippen molar-refractivity contribution in [1.82, 2.24) is 0 Å². The second kappa shape index (κ2) is 13.3. The molecule has 6 nitrogen and oxygen atoms in total. The molecule has 3 aromatic carbocycles. The fourth-order valence-corrected chi connectivity index (χ4v) is 10.0. The summed E-state index contributed by atoms with van der Waals surface area (Å²) in [5.41, 5.74) is 1.73. The third kappa shape index (κ3) is 7.76. The molecule has 0 N–H and O–H groups in total. The number of hydrogen-bond acceptors (Lipinski definition) is 6. The van der Waals surface area contributed by atoms with Crippen LogP contribution in [0.1, 0.15) is 39.2 Å². The number of benzene rings is 3. The molecule has 0 saturated heterocycles. The van der Waals surface area contributed by atoms with Gasteiger partial charge in [-0.25, -0.2) is 0 Å². The predicted octanol–water partition coefficient (Wildman–Crippen LogP) is 5.16. The number of esters is 1. The van der Waals surface area contributed by atoms with Gasteiger partial charge in [0.15, 0.2) is 0 Å². The molecule has 0 fully saturated rings. The van der Waals surface area contributed by atoms with Crippen molar-refractivity contribution in [3.05, 3.63) is 102 Å². The smallest absolute Gasteiger partial charge is 0.309 e. The number of hydrogen-bond donors (Lipinski definition) is 0. The van der Waals surface area contributed by atoms with Crippen LogP contribution in [0.3, 0.4) is 0 Å². The van der Waals surface area contributed by atoms with Crippen molar-refractivity contribution in [3.63, 3.8) is 0 Å². The molecule has 0 aliphatic carbocycles. The van der Waals surface area contributed by atoms with Gasteiger partial charge in [0, 0.05) is 0 Å². The van der Waals surface area contributed by atoms with Crippen molar-refractivity contribution in [2.24, 2.45) is 0 Å². The van der Waals surface area contributed by atoms with Crippen LogP contribution in [0, 0.1) is 6.92 Å². The van der Waals surface area contributed by atoms with Crippen LogP contribution in [0.25, 0.3) is 0 Å². The number of carbonyl (C=O) groups excluding carboxylic acids is 1. The second-order valence-electron chi connectivity index (χ2n) is 10.4. The number of ether oxygens (including phenoxy) is 1. The van der Waals surface area contributed by atoms with Crippen LogP contribution >= 0.6 is 0 Å². The van der Waals surface area contributed by atoms with E-state index in [-0.39, 0.29) is 42.0 Å². The van der Waals surface area contributed by atoms with Gasteiger partial charge in [-0.3, -0.25) is 8.98 Å². The lowest BCUT2D eigenvalue weighted by molar-refractivity contribution is -0.139. The summed E-state index contributed by atoms with van der Waals surface area (Å²) in [4.78, 5) is 12.0. The van der Waals surface area contributed by atoms with E-state index < -0.39 is 18.4 Å². The van der Waals surface area contributed by atoms with Gasteiger partial charge in [0.25, 0.3) is 18.4 Å². The Balaban J connectivity index is 1.89. The van der Waals surface area contributed by atoms with Gasteiger partial charge in [0.2, 0.25) is 0 Å². The Bertz CT molecular complexity index is 1310. The Kier molecular flexibility index (Phi) is 10.4. The van der Waals surface area contributed by atoms with E-state index in [4.69, 9.17) is 13.3 Å². The SMILES string of the molecule is COC(=O)C/C=C(\CCOS(=O)(=O)c1ccc(C)cc1)CO[Si](c1ccccc1)(c1ccccc1)C(C)(C)C. The van der Waals surface area contributed by atoms with E-state index in [0.29, 0.717) is 0 Å². The molecule has 0 atom stereocenters. The largest absolute Gasteiger partial charge is 0.469 e. The third-order valence-corrected chi connectivity index (χ3v) is 13.0. The zero-order valence-electron chi connectivity index (χ0n) is 23.3. The minimum absolute atomic E-state index is 0.0562. The van der Waals surface area contributed by atoms with Crippen LogP contribution in [0.4, 0.5) is 0 Å². The Morgan fingerprint density at radius 2 is 1.41 bits per heavy atom. The maximum Gasteiger partial charge on any atom is 0.309 e. The topological polar surface area (TPSA) is 78.9 Å². The number of aryl methyl sites for hydroxylation is 1. The lowest BCUT2D eigenvalue weighted by Gasteiger charge is -2.43. The molecule has 0 unspecified atom stereocenters. The van der Waals surface area contributed by atoms with Crippen LogP contribution < -0.4 is 10.4 Å². The highest BCUT2D eigenvalue weighted by Gasteiger charge is 2.50. The number of rotatable bonds is 12. The van der Waals surface area contributed by atoms with Gasteiger partial charge in [-0.1, -0.05) is 105 Å². The van der Waals surface area contributed by atoms with E-state index in [9.17, 15) is 13.2 Å². The molecule has 39 heavy (non-hydrogen) atoms. The van der Waals surface area contributed by atoms with E-state index in [2.05, 4.69) is 45.0 Å². The first-order valence-electron chi connectivity index (χ1n) is 13.0. The van der Waals surface area contributed by atoms with Crippen LogP contribution in [0.5, 0.6) is 0 Å². The van der Waals surface area contributed by atoms with Crippen LogP contribution in [-0.4, -0.2) is 43.0 Å². The Morgan fingerprint density at radius 1 is 0.872 bits per heavy atom. The molecule has 0 spiro atoms. The van der Waals surface area contributed by atoms with Crippen molar-refractivity contribution in [3.8, 4) is 0 Å². The Hall–Kier alpha value is -3.04. The molecule has 0 saturated carbocycles. The van der Waals surface area contributed by atoms with Gasteiger partial charge >= 0.3 is 5.97 Å². The fraction of sp³-hybridized carbons (Fsp3) is 0.323. The minimum atomic E-state index is -3.91. The summed E-state index contributed by atoms with van der Waals surface area (Å²) < 4.78 is 42.6. The molecule has 0 aliphatic heterocycles. The van der Waals surface area contributed by atoms with Crippen LogP contribution in [0.15, 0.2) is 101 Å². The van der Waals surface area contributed by atoms with Gasteiger partial charge in [-0.05, 0) is 46.5 Å². The summed E-state index contributed by atoms with van der Waals surface area (Å²) in [6, 6.07) is 27.0. The monoisotopic (exact) mass is 566 g/mol. The van der Waals surface area contributed by atoms with E-state index >= 15 is 0 Å². The fourth-order valence-electron chi connectivity index (χ4n) is 4.56. The Morgan fingerprint density at radius 3 is 1.90 bits per heavy atom. The first-order valence-corrected chi connectivity index (χ1v) is 16.3. The molecule has 3 aromatic rings. The summed E-state index contributed by atoms with van der Waals surface area (Å²) in [5, 5.41) is 2.04. The normalized spacial score (nSPS) is 12.8. The minimum Gasteiger partial charge on any atom is -0.469 e. The highest BCUT2D eigenvalue weighted by Crippen LogP contribution is 2.37. The number of methoxy groups -OCH3 is 1. The van der Waals surface area contributed by atoms with Crippen molar-refractivity contribution in [1.29, 1.82) is 0 Å². The molecule has 0 amide bonds. The second-order valence-corrected chi connectivity index (χ2v) is 16.4. The van der Waals surface area contributed by atoms with Crippen molar-refractivity contribution in [2.45, 2.75) is 50.5 Å². The molecule has 8 heteroatoms. The van der Waals surface area contributed by atoms with Crippen LogP contribution in [0.2, 0.25) is 5.04 Å². The first-order chi connectivity index (χ1) is 18.5. The van der Waals surface area contributed by atoms with Gasteiger partial charge in [0.1, 0.15) is 0 Å². The molecule has 0 aliphatic rings. The zero-order chi connectivity index (χ0) is 28.5. The van der Waals surface area contributed by atoms with E-state index in [0.717, 1.165) is 21.5 Å². The third-order valence-electron chi connectivity index (χ3n) is 6.65. The highest BCUT2D eigenvalue weighted by molar-refractivity contribution is 7.86. The lowest BCUT2D eigenvalue weighted by Crippen LogP contribution is -2.66. The van der Waals surface area contributed by atoms with Crippen LogP contribution in [-0.2, 0) is 28.3 Å². The molecule has 3 rings (SSSR count). The molecule has 0 heterocycles. The van der Waals surface area contributed by atoms with Gasteiger partial charge in [-0.2, -0.15) is 8.42 Å². The first kappa shape index (κ1) is 30.5. The molecular weight excluding hydrogens is 528 g/mol. The average molecular weight is 567 g/mol.